The van der Waals surface area contributed by atoms with Gasteiger partial charge in [-0.3, -0.25) is 0 Å². The summed E-state index contributed by atoms with van der Waals surface area (Å²) in [7, 11) is -6.87. The van der Waals surface area contributed by atoms with Crippen molar-refractivity contribution in [2.45, 2.75) is 55.7 Å². The van der Waals surface area contributed by atoms with E-state index in [9.17, 15) is 16.8 Å². The third-order valence-corrected chi connectivity index (χ3v) is 8.47. The smallest absolute Gasteiger partial charge is 0.240 e. The fourth-order valence-electron chi connectivity index (χ4n) is 3.37. The van der Waals surface area contributed by atoms with Crippen molar-refractivity contribution in [1.82, 2.24) is 20.1 Å². The normalized spacial score (nSPS) is 12.2. The Morgan fingerprint density at radius 2 is 0.829 bits per heavy atom. The number of rotatable bonds is 18. The summed E-state index contributed by atoms with van der Waals surface area (Å²) in [4.78, 5) is 0.599. The SMILES string of the molecule is Cc1ccc(S(=O)(=O)NCCCNCCCCCNCCCNS(=O)(=O)c2ccc(C)cc2)cc1. The van der Waals surface area contributed by atoms with Gasteiger partial charge in [0.15, 0.2) is 0 Å². The van der Waals surface area contributed by atoms with Gasteiger partial charge in [0, 0.05) is 13.1 Å². The fourth-order valence-corrected chi connectivity index (χ4v) is 5.52. The minimum Gasteiger partial charge on any atom is -0.317 e. The molecule has 10 heteroatoms. The van der Waals surface area contributed by atoms with Crippen LogP contribution in [-0.2, 0) is 20.0 Å². The molecule has 0 aliphatic heterocycles. The van der Waals surface area contributed by atoms with Gasteiger partial charge in [-0.1, -0.05) is 41.8 Å². The summed E-state index contributed by atoms with van der Waals surface area (Å²) in [6.45, 7) is 8.03. The molecule has 0 spiro atoms. The molecule has 0 aliphatic rings. The Kier molecular flexibility index (Phi) is 12.9. The van der Waals surface area contributed by atoms with Gasteiger partial charge in [-0.05, 0) is 90.0 Å². The van der Waals surface area contributed by atoms with Crippen LogP contribution in [-0.4, -0.2) is 56.1 Å². The Morgan fingerprint density at radius 3 is 1.20 bits per heavy atom. The second kappa shape index (κ2) is 15.3. The van der Waals surface area contributed by atoms with Gasteiger partial charge in [-0.25, -0.2) is 26.3 Å². The van der Waals surface area contributed by atoms with Crippen molar-refractivity contribution in [3.63, 3.8) is 0 Å². The highest BCUT2D eigenvalue weighted by molar-refractivity contribution is 7.89. The van der Waals surface area contributed by atoms with Crippen LogP contribution in [0.5, 0.6) is 0 Å². The topological polar surface area (TPSA) is 116 Å². The Bertz CT molecular complexity index is 984. The lowest BCUT2D eigenvalue weighted by Gasteiger charge is -2.09. The van der Waals surface area contributed by atoms with E-state index < -0.39 is 20.0 Å². The molecule has 35 heavy (non-hydrogen) atoms. The first-order valence-corrected chi connectivity index (χ1v) is 15.2. The van der Waals surface area contributed by atoms with Crippen molar-refractivity contribution in [2.75, 3.05) is 39.3 Å². The predicted octanol–water partition coefficient (Wildman–Crippen LogP) is 2.69. The van der Waals surface area contributed by atoms with Crippen LogP contribution < -0.4 is 20.1 Å². The average molecular weight is 525 g/mol. The molecule has 0 saturated heterocycles. The van der Waals surface area contributed by atoms with Gasteiger partial charge in [-0.15, -0.1) is 0 Å². The zero-order chi connectivity index (χ0) is 25.6. The monoisotopic (exact) mass is 524 g/mol. The van der Waals surface area contributed by atoms with Crippen molar-refractivity contribution in [3.05, 3.63) is 59.7 Å². The molecule has 196 valence electrons. The van der Waals surface area contributed by atoms with Crippen LogP contribution in [0.2, 0.25) is 0 Å². The third-order valence-electron chi connectivity index (χ3n) is 5.51. The standard InChI is InChI=1S/C25H40N4O4S2/c1-22-8-12-24(13-9-22)34(30,31)28-20-6-18-26-16-4-3-5-17-27-19-7-21-29-35(32,33)25-14-10-23(2)11-15-25/h8-15,26-29H,3-7,16-21H2,1-2H3. The van der Waals surface area contributed by atoms with Crippen LogP contribution in [0.4, 0.5) is 0 Å². The zero-order valence-electron chi connectivity index (χ0n) is 20.8. The average Bonchev–Trinajstić information content (AvgIpc) is 2.82. The molecular formula is C25H40N4O4S2. The second-order valence-corrected chi connectivity index (χ2v) is 12.2. The summed E-state index contributed by atoms with van der Waals surface area (Å²) in [5.74, 6) is 0. The van der Waals surface area contributed by atoms with Gasteiger partial charge in [-0.2, -0.15) is 0 Å². The molecule has 2 aromatic carbocycles. The summed E-state index contributed by atoms with van der Waals surface area (Å²) >= 11 is 0. The molecule has 0 bridgehead atoms. The van der Waals surface area contributed by atoms with Crippen LogP contribution in [0.3, 0.4) is 0 Å². The first-order chi connectivity index (χ1) is 16.7. The predicted molar refractivity (Wildman–Crippen MR) is 142 cm³/mol. The lowest BCUT2D eigenvalue weighted by Crippen LogP contribution is -2.28. The van der Waals surface area contributed by atoms with E-state index in [4.69, 9.17) is 0 Å². The molecular weight excluding hydrogens is 484 g/mol. The summed E-state index contributed by atoms with van der Waals surface area (Å²) in [5.41, 5.74) is 2.06. The molecule has 0 atom stereocenters. The van der Waals surface area contributed by atoms with E-state index in [-0.39, 0.29) is 0 Å². The lowest BCUT2D eigenvalue weighted by atomic mass is 10.2. The Hall–Kier alpha value is -1.82. The fraction of sp³-hybridized carbons (Fsp3) is 0.520. The van der Waals surface area contributed by atoms with Crippen LogP contribution in [0.25, 0.3) is 0 Å². The molecule has 0 saturated carbocycles. The quantitative estimate of drug-likeness (QED) is 0.223. The molecule has 0 fully saturated rings. The molecule has 0 radical (unpaired) electrons. The van der Waals surface area contributed by atoms with Gasteiger partial charge in [0.1, 0.15) is 0 Å². The number of benzene rings is 2. The van der Waals surface area contributed by atoms with E-state index in [0.717, 1.165) is 69.4 Å². The van der Waals surface area contributed by atoms with Crippen molar-refractivity contribution in [2.24, 2.45) is 0 Å². The zero-order valence-corrected chi connectivity index (χ0v) is 22.5. The maximum Gasteiger partial charge on any atom is 0.240 e. The van der Waals surface area contributed by atoms with Crippen LogP contribution in [0.15, 0.2) is 58.3 Å². The van der Waals surface area contributed by atoms with Crippen LogP contribution in [0, 0.1) is 13.8 Å². The van der Waals surface area contributed by atoms with E-state index in [1.807, 2.05) is 13.8 Å². The summed E-state index contributed by atoms with van der Waals surface area (Å²) in [5, 5.41) is 6.70. The van der Waals surface area contributed by atoms with Crippen LogP contribution in [0.1, 0.15) is 43.2 Å². The maximum absolute atomic E-state index is 12.2. The molecule has 0 aliphatic carbocycles. The highest BCUT2D eigenvalue weighted by Crippen LogP contribution is 2.10. The molecule has 4 N–H and O–H groups in total. The highest BCUT2D eigenvalue weighted by atomic mass is 32.2. The molecule has 0 amide bonds. The first kappa shape index (κ1) is 29.4. The van der Waals surface area contributed by atoms with E-state index in [2.05, 4.69) is 20.1 Å². The van der Waals surface area contributed by atoms with Gasteiger partial charge < -0.3 is 10.6 Å². The first-order valence-electron chi connectivity index (χ1n) is 12.2. The number of nitrogens with one attached hydrogen (secondary N) is 4. The molecule has 0 unspecified atom stereocenters. The van der Waals surface area contributed by atoms with Crippen molar-refractivity contribution in [1.29, 1.82) is 0 Å². The number of hydrogen-bond acceptors (Lipinski definition) is 6. The third kappa shape index (κ3) is 11.6. The van der Waals surface area contributed by atoms with E-state index in [1.54, 1.807) is 48.5 Å². The van der Waals surface area contributed by atoms with E-state index in [1.165, 1.54) is 0 Å². The van der Waals surface area contributed by atoms with E-state index >= 15 is 0 Å². The largest absolute Gasteiger partial charge is 0.317 e. The summed E-state index contributed by atoms with van der Waals surface area (Å²) < 4.78 is 54.1. The second-order valence-electron chi connectivity index (χ2n) is 8.69. The Balaban J connectivity index is 1.39. The van der Waals surface area contributed by atoms with Gasteiger partial charge >= 0.3 is 0 Å². The van der Waals surface area contributed by atoms with Crippen molar-refractivity contribution < 1.29 is 16.8 Å². The molecule has 2 rings (SSSR count). The minimum absolute atomic E-state index is 0.299. The van der Waals surface area contributed by atoms with E-state index in [0.29, 0.717) is 22.9 Å². The molecule has 8 nitrogen and oxygen atoms in total. The maximum atomic E-state index is 12.2. The Morgan fingerprint density at radius 1 is 0.486 bits per heavy atom. The minimum atomic E-state index is -3.43. The van der Waals surface area contributed by atoms with Gasteiger partial charge in [0.2, 0.25) is 20.0 Å². The Labute approximate surface area is 211 Å². The molecule has 2 aromatic rings. The lowest BCUT2D eigenvalue weighted by molar-refractivity contribution is 0.550. The van der Waals surface area contributed by atoms with Crippen LogP contribution >= 0.6 is 0 Å². The number of hydrogen-bond donors (Lipinski definition) is 4. The molecule has 0 aromatic heterocycles. The summed E-state index contributed by atoms with van der Waals surface area (Å²) in [6, 6.07) is 13.7. The highest BCUT2D eigenvalue weighted by Gasteiger charge is 2.13. The summed E-state index contributed by atoms with van der Waals surface area (Å²) in [6.07, 6.45) is 4.70. The van der Waals surface area contributed by atoms with Gasteiger partial charge in [0.25, 0.3) is 0 Å². The molecule has 0 heterocycles. The van der Waals surface area contributed by atoms with Crippen molar-refractivity contribution in [3.8, 4) is 0 Å². The number of aryl methyl sites for hydroxylation is 2. The number of unbranched alkanes of at least 4 members (excludes halogenated alkanes) is 2. The van der Waals surface area contributed by atoms with Gasteiger partial charge in [0.05, 0.1) is 9.79 Å². The number of sulfonamides is 2. The van der Waals surface area contributed by atoms with Crippen molar-refractivity contribution >= 4 is 20.0 Å².